The van der Waals surface area contributed by atoms with Crippen LogP contribution >= 0.6 is 0 Å². The van der Waals surface area contributed by atoms with Gasteiger partial charge in [0.15, 0.2) is 0 Å². The van der Waals surface area contributed by atoms with Crippen LogP contribution in [0.2, 0.25) is 0 Å². The molecule has 1 unspecified atom stereocenters. The molecular weight excluding hydrogens is 242 g/mol. The van der Waals surface area contributed by atoms with Gasteiger partial charge in [0.05, 0.1) is 5.25 Å². The standard InChI is InChI=1S/C10H21N3O3S/c1-9(8-11)17(15,16)12-5-4-10(14)13-6-2-3-7-13/h9,12H,2-8,11H2,1H3. The molecule has 7 heteroatoms. The molecule has 1 saturated heterocycles. The highest BCUT2D eigenvalue weighted by molar-refractivity contribution is 7.90. The molecule has 1 aliphatic heterocycles. The molecular formula is C10H21N3O3S. The monoisotopic (exact) mass is 263 g/mol. The number of sulfonamides is 1. The molecule has 100 valence electrons. The van der Waals surface area contributed by atoms with E-state index in [0.29, 0.717) is 0 Å². The summed E-state index contributed by atoms with van der Waals surface area (Å²) in [5, 5.41) is -0.621. The third-order valence-electron chi connectivity index (χ3n) is 2.96. The lowest BCUT2D eigenvalue weighted by Gasteiger charge is -2.16. The van der Waals surface area contributed by atoms with Crippen LogP contribution < -0.4 is 10.5 Å². The smallest absolute Gasteiger partial charge is 0.223 e. The highest BCUT2D eigenvalue weighted by Crippen LogP contribution is 2.08. The number of carbonyl (C=O) groups excluding carboxylic acids is 1. The first-order chi connectivity index (χ1) is 7.97. The molecule has 1 fully saturated rings. The van der Waals surface area contributed by atoms with Crippen molar-refractivity contribution in [3.63, 3.8) is 0 Å². The second kappa shape index (κ2) is 6.32. The first kappa shape index (κ1) is 14.4. The fourth-order valence-electron chi connectivity index (χ4n) is 1.69. The third kappa shape index (κ3) is 4.25. The average molecular weight is 263 g/mol. The molecule has 6 nitrogen and oxygen atoms in total. The van der Waals surface area contributed by atoms with Gasteiger partial charge in [-0.05, 0) is 19.8 Å². The van der Waals surface area contributed by atoms with Crippen molar-refractivity contribution >= 4 is 15.9 Å². The van der Waals surface area contributed by atoms with E-state index in [-0.39, 0.29) is 25.4 Å². The van der Waals surface area contributed by atoms with Crippen LogP contribution in [0.5, 0.6) is 0 Å². The van der Waals surface area contributed by atoms with Crippen molar-refractivity contribution in [1.29, 1.82) is 0 Å². The maximum atomic E-state index is 11.6. The first-order valence-electron chi connectivity index (χ1n) is 5.93. The van der Waals surface area contributed by atoms with Gasteiger partial charge in [-0.3, -0.25) is 4.79 Å². The Bertz CT molecular complexity index is 350. The maximum absolute atomic E-state index is 11.6. The Hall–Kier alpha value is -0.660. The average Bonchev–Trinajstić information content (AvgIpc) is 2.80. The number of amides is 1. The Morgan fingerprint density at radius 3 is 2.53 bits per heavy atom. The Morgan fingerprint density at radius 1 is 1.41 bits per heavy atom. The van der Waals surface area contributed by atoms with E-state index in [9.17, 15) is 13.2 Å². The molecule has 1 aliphatic rings. The number of hydrogen-bond acceptors (Lipinski definition) is 4. The van der Waals surface area contributed by atoms with Gasteiger partial charge in [0, 0.05) is 32.6 Å². The van der Waals surface area contributed by atoms with Crippen LogP contribution in [0.3, 0.4) is 0 Å². The molecule has 1 atom stereocenters. The number of nitrogens with one attached hydrogen (secondary N) is 1. The molecule has 0 aromatic carbocycles. The molecule has 0 radical (unpaired) electrons. The molecule has 0 aromatic rings. The predicted molar refractivity (Wildman–Crippen MR) is 65.9 cm³/mol. The van der Waals surface area contributed by atoms with Crippen LogP contribution in [0.1, 0.15) is 26.2 Å². The highest BCUT2D eigenvalue weighted by atomic mass is 32.2. The molecule has 1 amide bonds. The molecule has 0 bridgehead atoms. The summed E-state index contributed by atoms with van der Waals surface area (Å²) in [6.45, 7) is 3.37. The van der Waals surface area contributed by atoms with Gasteiger partial charge in [0.25, 0.3) is 0 Å². The summed E-state index contributed by atoms with van der Waals surface area (Å²) in [6.07, 6.45) is 2.31. The second-order valence-electron chi connectivity index (χ2n) is 4.32. The normalized spacial score (nSPS) is 18.4. The van der Waals surface area contributed by atoms with Crippen molar-refractivity contribution in [3.8, 4) is 0 Å². The fraction of sp³-hybridized carbons (Fsp3) is 0.900. The molecule has 0 spiro atoms. The minimum atomic E-state index is -3.38. The lowest BCUT2D eigenvalue weighted by molar-refractivity contribution is -0.129. The van der Waals surface area contributed by atoms with Gasteiger partial charge in [-0.1, -0.05) is 0 Å². The van der Waals surface area contributed by atoms with Gasteiger partial charge in [-0.15, -0.1) is 0 Å². The summed E-state index contributed by atoms with van der Waals surface area (Å²) in [5.74, 6) is 0.0191. The minimum Gasteiger partial charge on any atom is -0.343 e. The Morgan fingerprint density at radius 2 is 2.00 bits per heavy atom. The maximum Gasteiger partial charge on any atom is 0.223 e. The van der Waals surface area contributed by atoms with Crippen molar-refractivity contribution in [2.45, 2.75) is 31.4 Å². The number of likely N-dealkylation sites (tertiary alicyclic amines) is 1. The summed E-state index contributed by atoms with van der Waals surface area (Å²) in [6, 6.07) is 0. The van der Waals surface area contributed by atoms with Crippen LogP contribution in [-0.4, -0.2) is 50.7 Å². The van der Waals surface area contributed by atoms with Gasteiger partial charge in [0.2, 0.25) is 15.9 Å². The van der Waals surface area contributed by atoms with E-state index in [0.717, 1.165) is 25.9 Å². The fourth-order valence-corrected chi connectivity index (χ4v) is 2.62. The SMILES string of the molecule is CC(CN)S(=O)(=O)NCCC(=O)N1CCCC1. The van der Waals surface area contributed by atoms with Gasteiger partial charge >= 0.3 is 0 Å². The molecule has 17 heavy (non-hydrogen) atoms. The van der Waals surface area contributed by atoms with Gasteiger partial charge < -0.3 is 10.6 Å². The van der Waals surface area contributed by atoms with E-state index < -0.39 is 15.3 Å². The molecule has 3 N–H and O–H groups in total. The summed E-state index contributed by atoms with van der Waals surface area (Å²) >= 11 is 0. The van der Waals surface area contributed by atoms with Crippen LogP contribution in [0.4, 0.5) is 0 Å². The van der Waals surface area contributed by atoms with Crippen LogP contribution in [0, 0.1) is 0 Å². The highest BCUT2D eigenvalue weighted by Gasteiger charge is 2.21. The van der Waals surface area contributed by atoms with E-state index in [2.05, 4.69) is 4.72 Å². The molecule has 0 saturated carbocycles. The molecule has 0 aliphatic carbocycles. The van der Waals surface area contributed by atoms with E-state index in [1.54, 1.807) is 11.8 Å². The number of rotatable bonds is 6. The van der Waals surface area contributed by atoms with E-state index in [1.807, 2.05) is 0 Å². The first-order valence-corrected chi connectivity index (χ1v) is 7.48. The third-order valence-corrected chi connectivity index (χ3v) is 4.82. The molecule has 1 rings (SSSR count). The molecule has 0 aromatic heterocycles. The van der Waals surface area contributed by atoms with E-state index >= 15 is 0 Å². The van der Waals surface area contributed by atoms with Crippen molar-refractivity contribution in [2.75, 3.05) is 26.2 Å². The largest absolute Gasteiger partial charge is 0.343 e. The van der Waals surface area contributed by atoms with Crippen molar-refractivity contribution in [2.24, 2.45) is 5.73 Å². The van der Waals surface area contributed by atoms with E-state index in [1.165, 1.54) is 0 Å². The lowest BCUT2D eigenvalue weighted by atomic mass is 10.4. The van der Waals surface area contributed by atoms with Gasteiger partial charge in [0.1, 0.15) is 0 Å². The number of nitrogens with zero attached hydrogens (tertiary/aromatic N) is 1. The second-order valence-corrected chi connectivity index (χ2v) is 6.51. The summed E-state index contributed by atoms with van der Waals surface area (Å²) in [4.78, 5) is 13.4. The minimum absolute atomic E-state index is 0.0191. The van der Waals surface area contributed by atoms with Crippen LogP contribution in [0.25, 0.3) is 0 Å². The predicted octanol–water partition coefficient (Wildman–Crippen LogP) is -0.734. The lowest BCUT2D eigenvalue weighted by Crippen LogP contribution is -2.39. The zero-order valence-electron chi connectivity index (χ0n) is 10.2. The topological polar surface area (TPSA) is 92.5 Å². The zero-order valence-corrected chi connectivity index (χ0v) is 11.0. The van der Waals surface area contributed by atoms with Gasteiger partial charge in [-0.2, -0.15) is 0 Å². The van der Waals surface area contributed by atoms with Gasteiger partial charge in [-0.25, -0.2) is 13.1 Å². The van der Waals surface area contributed by atoms with Crippen molar-refractivity contribution in [1.82, 2.24) is 9.62 Å². The van der Waals surface area contributed by atoms with Crippen molar-refractivity contribution in [3.05, 3.63) is 0 Å². The zero-order chi connectivity index (χ0) is 12.9. The van der Waals surface area contributed by atoms with Crippen LogP contribution in [-0.2, 0) is 14.8 Å². The Balaban J connectivity index is 2.29. The number of hydrogen-bond donors (Lipinski definition) is 2. The summed E-state index contributed by atoms with van der Waals surface area (Å²) < 4.78 is 25.5. The summed E-state index contributed by atoms with van der Waals surface area (Å²) in [7, 11) is -3.38. The van der Waals surface area contributed by atoms with E-state index in [4.69, 9.17) is 5.73 Å². The summed E-state index contributed by atoms with van der Waals surface area (Å²) in [5.41, 5.74) is 5.29. The Labute approximate surface area is 103 Å². The van der Waals surface area contributed by atoms with Crippen molar-refractivity contribution < 1.29 is 13.2 Å². The Kier molecular flexibility index (Phi) is 5.35. The van der Waals surface area contributed by atoms with Crippen LogP contribution in [0.15, 0.2) is 0 Å². The quantitative estimate of drug-likeness (QED) is 0.660. The molecule has 1 heterocycles. The number of nitrogens with two attached hydrogens (primary N) is 1. The number of carbonyl (C=O) groups is 1.